The lowest BCUT2D eigenvalue weighted by Crippen LogP contribution is -2.30. The number of halogens is 1. The monoisotopic (exact) mass is 195 g/mol. The number of fused-ring (bicyclic) bond motifs is 1. The van der Waals surface area contributed by atoms with E-state index in [9.17, 15) is 4.79 Å². The number of benzene rings is 1. The van der Waals surface area contributed by atoms with Crippen LogP contribution in [0.5, 0.6) is 0 Å². The van der Waals surface area contributed by atoms with E-state index in [1.165, 1.54) is 4.42 Å². The Kier molecular flexibility index (Phi) is 1.64. The molecule has 2 rings (SSSR count). The molecule has 0 saturated carbocycles. The van der Waals surface area contributed by atoms with Crippen molar-refractivity contribution in [3.05, 3.63) is 35.4 Å². The van der Waals surface area contributed by atoms with Gasteiger partial charge >= 0.3 is 0 Å². The molecular formula is C10H10ClNO. The summed E-state index contributed by atoms with van der Waals surface area (Å²) in [4.78, 5) is 11.6. The molecule has 1 aliphatic heterocycles. The summed E-state index contributed by atoms with van der Waals surface area (Å²) in [5, 5.41) is 0. The van der Waals surface area contributed by atoms with Gasteiger partial charge < -0.3 is 0 Å². The summed E-state index contributed by atoms with van der Waals surface area (Å²) in [6.07, 6.45) is 0. The van der Waals surface area contributed by atoms with Gasteiger partial charge in [-0.1, -0.05) is 18.2 Å². The Hall–Kier alpha value is -1.02. The fourth-order valence-electron chi connectivity index (χ4n) is 1.67. The van der Waals surface area contributed by atoms with Crippen molar-refractivity contribution >= 4 is 17.7 Å². The highest BCUT2D eigenvalue weighted by molar-refractivity contribution is 6.26. The Morgan fingerprint density at radius 1 is 1.31 bits per heavy atom. The smallest absolute Gasteiger partial charge is 0.268 e. The van der Waals surface area contributed by atoms with Gasteiger partial charge in [-0.2, -0.15) is 0 Å². The van der Waals surface area contributed by atoms with Gasteiger partial charge in [0.1, 0.15) is 0 Å². The minimum Gasteiger partial charge on any atom is -0.268 e. The molecule has 0 atom stereocenters. The zero-order valence-corrected chi connectivity index (χ0v) is 8.30. The van der Waals surface area contributed by atoms with Gasteiger partial charge in [0.25, 0.3) is 5.91 Å². The van der Waals surface area contributed by atoms with E-state index < -0.39 is 5.54 Å². The predicted octanol–water partition coefficient (Wildman–Crippen LogP) is 2.53. The molecule has 0 fully saturated rings. The van der Waals surface area contributed by atoms with Crippen LogP contribution in [0.25, 0.3) is 0 Å². The topological polar surface area (TPSA) is 20.3 Å². The summed E-state index contributed by atoms with van der Waals surface area (Å²) in [6.45, 7) is 3.87. The van der Waals surface area contributed by atoms with E-state index in [2.05, 4.69) is 0 Å². The molecule has 1 aliphatic rings. The van der Waals surface area contributed by atoms with Gasteiger partial charge in [0, 0.05) is 17.3 Å². The first kappa shape index (κ1) is 8.57. The number of nitrogens with zero attached hydrogens (tertiary/aromatic N) is 1. The summed E-state index contributed by atoms with van der Waals surface area (Å²) in [7, 11) is 0. The normalized spacial score (nSPS) is 19.0. The molecular weight excluding hydrogens is 186 g/mol. The highest BCUT2D eigenvalue weighted by atomic mass is 35.5. The van der Waals surface area contributed by atoms with Crippen molar-refractivity contribution in [2.75, 3.05) is 0 Å². The van der Waals surface area contributed by atoms with E-state index in [4.69, 9.17) is 11.8 Å². The van der Waals surface area contributed by atoms with Crippen molar-refractivity contribution in [2.24, 2.45) is 0 Å². The SMILES string of the molecule is CC1(C)c2ccccc2C(=O)N1Cl. The molecule has 0 saturated heterocycles. The summed E-state index contributed by atoms with van der Waals surface area (Å²) in [6, 6.07) is 7.52. The van der Waals surface area contributed by atoms with E-state index >= 15 is 0 Å². The van der Waals surface area contributed by atoms with Gasteiger partial charge in [0.2, 0.25) is 0 Å². The maximum atomic E-state index is 11.6. The van der Waals surface area contributed by atoms with E-state index in [-0.39, 0.29) is 5.91 Å². The van der Waals surface area contributed by atoms with Crippen molar-refractivity contribution in [3.8, 4) is 0 Å². The van der Waals surface area contributed by atoms with Gasteiger partial charge in [0.15, 0.2) is 0 Å². The van der Waals surface area contributed by atoms with Crippen LogP contribution in [-0.2, 0) is 5.54 Å². The number of carbonyl (C=O) groups is 1. The number of hydrogen-bond acceptors (Lipinski definition) is 1. The molecule has 0 radical (unpaired) electrons. The van der Waals surface area contributed by atoms with E-state index in [1.54, 1.807) is 0 Å². The third-order valence-electron chi connectivity index (χ3n) is 2.49. The van der Waals surface area contributed by atoms with Gasteiger partial charge in [-0.3, -0.25) is 4.79 Å². The zero-order valence-electron chi connectivity index (χ0n) is 7.54. The van der Waals surface area contributed by atoms with Crippen LogP contribution in [0.4, 0.5) is 0 Å². The van der Waals surface area contributed by atoms with Gasteiger partial charge in [-0.25, -0.2) is 4.42 Å². The predicted molar refractivity (Wildman–Crippen MR) is 51.5 cm³/mol. The van der Waals surface area contributed by atoms with Gasteiger partial charge in [-0.05, 0) is 25.5 Å². The Labute approximate surface area is 82.2 Å². The van der Waals surface area contributed by atoms with Crippen LogP contribution in [0, 0.1) is 0 Å². The second-order valence-electron chi connectivity index (χ2n) is 3.69. The lowest BCUT2D eigenvalue weighted by Gasteiger charge is -2.25. The second kappa shape index (κ2) is 2.48. The molecule has 0 unspecified atom stereocenters. The van der Waals surface area contributed by atoms with E-state index in [0.717, 1.165) is 5.56 Å². The first-order valence-electron chi connectivity index (χ1n) is 4.15. The van der Waals surface area contributed by atoms with Crippen LogP contribution in [0.3, 0.4) is 0 Å². The number of hydrogen-bond donors (Lipinski definition) is 0. The number of amides is 1. The summed E-state index contributed by atoms with van der Waals surface area (Å²) in [5.41, 5.74) is 1.31. The lowest BCUT2D eigenvalue weighted by molar-refractivity contribution is 0.0808. The lowest BCUT2D eigenvalue weighted by atomic mass is 9.95. The Morgan fingerprint density at radius 3 is 2.54 bits per heavy atom. The van der Waals surface area contributed by atoms with Crippen molar-refractivity contribution in [1.82, 2.24) is 4.42 Å². The van der Waals surface area contributed by atoms with Crippen molar-refractivity contribution in [2.45, 2.75) is 19.4 Å². The molecule has 1 heterocycles. The molecule has 0 spiro atoms. The first-order chi connectivity index (χ1) is 6.05. The molecule has 1 amide bonds. The minimum atomic E-state index is -0.394. The molecule has 68 valence electrons. The van der Waals surface area contributed by atoms with E-state index in [1.807, 2.05) is 38.1 Å². The Morgan fingerprint density at radius 2 is 1.92 bits per heavy atom. The second-order valence-corrected chi connectivity index (χ2v) is 4.03. The third kappa shape index (κ3) is 0.985. The van der Waals surface area contributed by atoms with Crippen LogP contribution in [0.15, 0.2) is 24.3 Å². The van der Waals surface area contributed by atoms with E-state index in [0.29, 0.717) is 5.56 Å². The molecule has 0 aromatic heterocycles. The highest BCUT2D eigenvalue weighted by Crippen LogP contribution is 2.39. The van der Waals surface area contributed by atoms with Crippen molar-refractivity contribution < 1.29 is 4.79 Å². The third-order valence-corrected chi connectivity index (χ3v) is 3.06. The van der Waals surface area contributed by atoms with Crippen LogP contribution in [0.2, 0.25) is 0 Å². The molecule has 0 aliphatic carbocycles. The average Bonchev–Trinajstić information content (AvgIpc) is 2.30. The average molecular weight is 196 g/mol. The molecule has 2 nitrogen and oxygen atoms in total. The first-order valence-corrected chi connectivity index (χ1v) is 4.49. The van der Waals surface area contributed by atoms with Crippen LogP contribution >= 0.6 is 11.8 Å². The van der Waals surface area contributed by atoms with Crippen molar-refractivity contribution in [1.29, 1.82) is 0 Å². The van der Waals surface area contributed by atoms with Gasteiger partial charge in [0.05, 0.1) is 5.54 Å². The largest absolute Gasteiger partial charge is 0.269 e. The molecule has 1 aromatic rings. The fourth-order valence-corrected chi connectivity index (χ4v) is 1.85. The summed E-state index contributed by atoms with van der Waals surface area (Å²) >= 11 is 5.90. The molecule has 0 N–H and O–H groups in total. The molecule has 0 bridgehead atoms. The highest BCUT2D eigenvalue weighted by Gasteiger charge is 2.41. The standard InChI is InChI=1S/C10H10ClNO/c1-10(2)8-6-4-3-5-7(8)9(13)12(10)11/h3-6H,1-2H3. The molecule has 13 heavy (non-hydrogen) atoms. The summed E-state index contributed by atoms with van der Waals surface area (Å²) < 4.78 is 1.26. The number of carbonyl (C=O) groups excluding carboxylic acids is 1. The van der Waals surface area contributed by atoms with Gasteiger partial charge in [-0.15, -0.1) is 0 Å². The Balaban J connectivity index is 2.68. The van der Waals surface area contributed by atoms with Crippen LogP contribution < -0.4 is 0 Å². The van der Waals surface area contributed by atoms with Crippen molar-refractivity contribution in [3.63, 3.8) is 0 Å². The molecule has 3 heteroatoms. The minimum absolute atomic E-state index is 0.109. The maximum Gasteiger partial charge on any atom is 0.269 e. The Bertz CT molecular complexity index is 373. The zero-order chi connectivity index (χ0) is 9.64. The number of rotatable bonds is 0. The molecule has 1 aromatic carbocycles. The van der Waals surface area contributed by atoms with Crippen LogP contribution in [-0.4, -0.2) is 10.3 Å². The maximum absolute atomic E-state index is 11.6. The summed E-state index contributed by atoms with van der Waals surface area (Å²) in [5.74, 6) is -0.109. The fraction of sp³-hybridized carbons (Fsp3) is 0.300. The van der Waals surface area contributed by atoms with Crippen LogP contribution in [0.1, 0.15) is 29.8 Å². The quantitative estimate of drug-likeness (QED) is 0.583.